The van der Waals surface area contributed by atoms with Crippen LogP contribution in [0.2, 0.25) is 0 Å². The fourth-order valence-electron chi connectivity index (χ4n) is 3.70. The lowest BCUT2D eigenvalue weighted by molar-refractivity contribution is -0.136. The number of benzene rings is 1. The normalized spacial score (nSPS) is 22.0. The topological polar surface area (TPSA) is 40.6 Å². The van der Waals surface area contributed by atoms with E-state index in [-0.39, 0.29) is 17.7 Å². The molecule has 2 fully saturated rings. The van der Waals surface area contributed by atoms with Crippen LogP contribution in [-0.4, -0.2) is 36.3 Å². The Morgan fingerprint density at radius 3 is 2.52 bits per heavy atom. The Morgan fingerprint density at radius 1 is 1.13 bits per heavy atom. The first-order valence-electron chi connectivity index (χ1n) is 8.76. The monoisotopic (exact) mass is 314 g/mol. The lowest BCUT2D eigenvalue weighted by atomic mass is 10.0. The molecule has 0 radical (unpaired) electrons. The summed E-state index contributed by atoms with van der Waals surface area (Å²) >= 11 is 0. The van der Waals surface area contributed by atoms with Gasteiger partial charge in [-0.25, -0.2) is 0 Å². The van der Waals surface area contributed by atoms with E-state index in [0.717, 1.165) is 31.6 Å². The maximum atomic E-state index is 12.7. The third-order valence-corrected chi connectivity index (χ3v) is 4.99. The molecule has 3 rings (SSSR count). The van der Waals surface area contributed by atoms with E-state index in [2.05, 4.69) is 19.9 Å². The van der Waals surface area contributed by atoms with Crippen LogP contribution in [0.25, 0.3) is 0 Å². The zero-order chi connectivity index (χ0) is 16.4. The summed E-state index contributed by atoms with van der Waals surface area (Å²) in [4.78, 5) is 29.0. The quantitative estimate of drug-likeness (QED) is 0.860. The first-order chi connectivity index (χ1) is 11.1. The minimum atomic E-state index is -0.180. The fourth-order valence-corrected chi connectivity index (χ4v) is 3.70. The van der Waals surface area contributed by atoms with E-state index in [1.165, 1.54) is 12.0 Å². The van der Waals surface area contributed by atoms with Crippen LogP contribution in [0, 0.1) is 5.92 Å². The standard InChI is InChI=1S/C19H26N2O2/c1-14(2)16-8-4-5-9-17(16)21-13-15(12-18(21)22)19(23)20-10-6-3-7-11-20/h4-5,8-9,14-15H,3,6-7,10-13H2,1-2H3. The van der Waals surface area contributed by atoms with Gasteiger partial charge in [0.1, 0.15) is 0 Å². The Bertz CT molecular complexity index is 591. The Hall–Kier alpha value is -1.84. The second kappa shape index (κ2) is 6.73. The molecule has 4 heteroatoms. The van der Waals surface area contributed by atoms with Crippen molar-refractivity contribution in [3.8, 4) is 0 Å². The van der Waals surface area contributed by atoms with Gasteiger partial charge < -0.3 is 9.80 Å². The van der Waals surface area contributed by atoms with E-state index in [9.17, 15) is 9.59 Å². The van der Waals surface area contributed by atoms with E-state index in [0.29, 0.717) is 18.9 Å². The molecule has 2 aliphatic rings. The third-order valence-electron chi connectivity index (χ3n) is 4.99. The van der Waals surface area contributed by atoms with Crippen LogP contribution in [-0.2, 0) is 9.59 Å². The molecule has 2 aliphatic heterocycles. The van der Waals surface area contributed by atoms with E-state index in [1.54, 1.807) is 0 Å². The molecule has 4 nitrogen and oxygen atoms in total. The summed E-state index contributed by atoms with van der Waals surface area (Å²) in [5, 5.41) is 0. The molecule has 2 amide bonds. The summed E-state index contributed by atoms with van der Waals surface area (Å²) in [6.07, 6.45) is 3.74. The minimum absolute atomic E-state index is 0.0773. The molecule has 2 heterocycles. The molecule has 1 unspecified atom stereocenters. The number of para-hydroxylation sites is 1. The smallest absolute Gasteiger partial charge is 0.228 e. The van der Waals surface area contributed by atoms with Gasteiger partial charge in [-0.3, -0.25) is 9.59 Å². The van der Waals surface area contributed by atoms with Crippen LogP contribution in [0.1, 0.15) is 51.0 Å². The van der Waals surface area contributed by atoms with Gasteiger partial charge in [0, 0.05) is 31.7 Å². The fraction of sp³-hybridized carbons (Fsp3) is 0.579. The second-order valence-electron chi connectivity index (χ2n) is 7.00. The van der Waals surface area contributed by atoms with E-state index in [4.69, 9.17) is 0 Å². The summed E-state index contributed by atoms with van der Waals surface area (Å²) in [6, 6.07) is 8.05. The molecule has 0 spiro atoms. The number of anilines is 1. The predicted molar refractivity (Wildman–Crippen MR) is 91.4 cm³/mol. The zero-order valence-corrected chi connectivity index (χ0v) is 14.1. The van der Waals surface area contributed by atoms with Gasteiger partial charge in [0.15, 0.2) is 0 Å². The average molecular weight is 314 g/mol. The largest absolute Gasteiger partial charge is 0.342 e. The van der Waals surface area contributed by atoms with Gasteiger partial charge in [0.05, 0.1) is 5.92 Å². The number of piperidine rings is 1. The van der Waals surface area contributed by atoms with Crippen molar-refractivity contribution in [2.45, 2.75) is 45.4 Å². The van der Waals surface area contributed by atoms with Crippen LogP contribution in [0.15, 0.2) is 24.3 Å². The molecule has 23 heavy (non-hydrogen) atoms. The zero-order valence-electron chi connectivity index (χ0n) is 14.1. The van der Waals surface area contributed by atoms with Crippen molar-refractivity contribution in [1.29, 1.82) is 0 Å². The van der Waals surface area contributed by atoms with E-state index < -0.39 is 0 Å². The summed E-state index contributed by atoms with van der Waals surface area (Å²) in [6.45, 7) is 6.50. The summed E-state index contributed by atoms with van der Waals surface area (Å²) in [7, 11) is 0. The van der Waals surface area contributed by atoms with Gasteiger partial charge in [0.25, 0.3) is 0 Å². The van der Waals surface area contributed by atoms with Gasteiger partial charge in [-0.1, -0.05) is 32.0 Å². The molecule has 0 aliphatic carbocycles. The SMILES string of the molecule is CC(C)c1ccccc1N1CC(C(=O)N2CCCCC2)CC1=O. The molecular formula is C19H26N2O2. The van der Waals surface area contributed by atoms with Gasteiger partial charge >= 0.3 is 0 Å². The average Bonchev–Trinajstić information content (AvgIpc) is 2.96. The molecule has 1 atom stereocenters. The number of hydrogen-bond donors (Lipinski definition) is 0. The van der Waals surface area contributed by atoms with Crippen molar-refractivity contribution < 1.29 is 9.59 Å². The Kier molecular flexibility index (Phi) is 4.69. The summed E-state index contributed by atoms with van der Waals surface area (Å²) in [5.41, 5.74) is 2.15. The Morgan fingerprint density at radius 2 is 1.83 bits per heavy atom. The maximum Gasteiger partial charge on any atom is 0.228 e. The highest BCUT2D eigenvalue weighted by Crippen LogP contribution is 2.32. The van der Waals surface area contributed by atoms with Crippen molar-refractivity contribution in [1.82, 2.24) is 4.90 Å². The molecule has 1 aromatic carbocycles. The molecule has 0 saturated carbocycles. The Labute approximate surface area is 138 Å². The number of carbonyl (C=O) groups excluding carboxylic acids is 2. The molecule has 0 N–H and O–H groups in total. The highest BCUT2D eigenvalue weighted by molar-refractivity contribution is 6.00. The van der Waals surface area contributed by atoms with Crippen molar-refractivity contribution in [2.75, 3.05) is 24.5 Å². The van der Waals surface area contributed by atoms with Gasteiger partial charge in [0.2, 0.25) is 11.8 Å². The molecule has 0 aromatic heterocycles. The minimum Gasteiger partial charge on any atom is -0.342 e. The third kappa shape index (κ3) is 3.26. The molecule has 124 valence electrons. The van der Waals surface area contributed by atoms with Gasteiger partial charge in [-0.15, -0.1) is 0 Å². The summed E-state index contributed by atoms with van der Waals surface area (Å²) < 4.78 is 0. The van der Waals surface area contributed by atoms with Gasteiger partial charge in [-0.05, 0) is 36.8 Å². The first-order valence-corrected chi connectivity index (χ1v) is 8.76. The van der Waals surface area contributed by atoms with Crippen molar-refractivity contribution in [3.63, 3.8) is 0 Å². The highest BCUT2D eigenvalue weighted by Gasteiger charge is 2.38. The summed E-state index contributed by atoms with van der Waals surface area (Å²) in [5.74, 6) is 0.424. The van der Waals surface area contributed by atoms with Crippen LogP contribution in [0.5, 0.6) is 0 Å². The molecular weight excluding hydrogens is 288 g/mol. The van der Waals surface area contributed by atoms with Crippen LogP contribution in [0.4, 0.5) is 5.69 Å². The van der Waals surface area contributed by atoms with Crippen LogP contribution in [0.3, 0.4) is 0 Å². The number of nitrogens with zero attached hydrogens (tertiary/aromatic N) is 2. The van der Waals surface area contributed by atoms with Crippen LogP contribution >= 0.6 is 0 Å². The van der Waals surface area contributed by atoms with E-state index in [1.807, 2.05) is 28.0 Å². The number of amides is 2. The predicted octanol–water partition coefficient (Wildman–Crippen LogP) is 3.18. The highest BCUT2D eigenvalue weighted by atomic mass is 16.2. The van der Waals surface area contributed by atoms with Gasteiger partial charge in [-0.2, -0.15) is 0 Å². The lowest BCUT2D eigenvalue weighted by Gasteiger charge is -2.29. The molecule has 1 aromatic rings. The lowest BCUT2D eigenvalue weighted by Crippen LogP contribution is -2.40. The number of carbonyl (C=O) groups is 2. The van der Waals surface area contributed by atoms with Crippen molar-refractivity contribution in [3.05, 3.63) is 29.8 Å². The first kappa shape index (κ1) is 16.0. The molecule has 2 saturated heterocycles. The number of rotatable bonds is 3. The Balaban J connectivity index is 1.76. The number of likely N-dealkylation sites (tertiary alicyclic amines) is 1. The second-order valence-corrected chi connectivity index (χ2v) is 7.00. The van der Waals surface area contributed by atoms with Crippen LogP contribution < -0.4 is 4.90 Å². The maximum absolute atomic E-state index is 12.7. The van der Waals surface area contributed by atoms with Crippen molar-refractivity contribution in [2.24, 2.45) is 5.92 Å². The number of hydrogen-bond acceptors (Lipinski definition) is 2. The van der Waals surface area contributed by atoms with E-state index >= 15 is 0 Å². The molecule has 0 bridgehead atoms. The van der Waals surface area contributed by atoms with Crippen molar-refractivity contribution >= 4 is 17.5 Å².